The molecule has 0 heterocycles. The van der Waals surface area contributed by atoms with Crippen molar-refractivity contribution in [3.63, 3.8) is 0 Å². The molecule has 0 radical (unpaired) electrons. The zero-order chi connectivity index (χ0) is 14.7. The fourth-order valence-electron chi connectivity index (χ4n) is 2.94. The van der Waals surface area contributed by atoms with E-state index in [2.05, 4.69) is 23.9 Å². The summed E-state index contributed by atoms with van der Waals surface area (Å²) in [5, 5.41) is 3.67. The van der Waals surface area contributed by atoms with Gasteiger partial charge < -0.3 is 10.1 Å². The van der Waals surface area contributed by atoms with Gasteiger partial charge >= 0.3 is 6.61 Å². The van der Waals surface area contributed by atoms with Crippen LogP contribution in [0, 0.1) is 11.8 Å². The minimum Gasteiger partial charge on any atom is -0.433 e. The second-order valence-electron chi connectivity index (χ2n) is 5.58. The Morgan fingerprint density at radius 1 is 1.25 bits per heavy atom. The Bertz CT molecular complexity index is 445. The predicted octanol–water partition coefficient (Wildman–Crippen LogP) is 5.18. The fraction of sp³-hybridized carbons (Fsp3) is 0.600. The van der Waals surface area contributed by atoms with Gasteiger partial charge in [0, 0.05) is 11.7 Å². The molecule has 5 heteroatoms. The molecule has 112 valence electrons. The largest absolute Gasteiger partial charge is 0.433 e. The van der Waals surface area contributed by atoms with Gasteiger partial charge in [-0.05, 0) is 42.9 Å². The third kappa shape index (κ3) is 3.75. The summed E-state index contributed by atoms with van der Waals surface area (Å²) in [5.41, 5.74) is 0.849. The minimum atomic E-state index is -2.86. The summed E-state index contributed by atoms with van der Waals surface area (Å²) in [5.74, 6) is 1.20. The molecule has 1 aliphatic carbocycles. The van der Waals surface area contributed by atoms with Gasteiger partial charge in [-0.1, -0.05) is 31.9 Å². The standard InChI is InChI=1S/C15H20ClF2NO/c1-9-4-3-5-10(2)14(9)19-11-6-7-13(12(16)8-11)20-15(17)18/h6-10,14-15,19H,3-5H2,1-2H3. The number of alkyl halides is 2. The van der Waals surface area contributed by atoms with E-state index in [1.807, 2.05) is 0 Å². The van der Waals surface area contributed by atoms with E-state index in [1.54, 1.807) is 12.1 Å². The highest BCUT2D eigenvalue weighted by molar-refractivity contribution is 6.32. The zero-order valence-electron chi connectivity index (χ0n) is 11.7. The first-order chi connectivity index (χ1) is 9.47. The molecule has 1 saturated carbocycles. The molecule has 20 heavy (non-hydrogen) atoms. The summed E-state index contributed by atoms with van der Waals surface area (Å²) in [7, 11) is 0. The monoisotopic (exact) mass is 303 g/mol. The molecule has 1 aliphatic rings. The maximum absolute atomic E-state index is 12.2. The Morgan fingerprint density at radius 2 is 1.90 bits per heavy atom. The average molecular weight is 304 g/mol. The second kappa shape index (κ2) is 6.61. The van der Waals surface area contributed by atoms with Gasteiger partial charge in [-0.2, -0.15) is 8.78 Å². The first-order valence-corrected chi connectivity index (χ1v) is 7.36. The van der Waals surface area contributed by atoms with E-state index in [1.165, 1.54) is 25.3 Å². The summed E-state index contributed by atoms with van der Waals surface area (Å²) in [4.78, 5) is 0. The smallest absolute Gasteiger partial charge is 0.387 e. The van der Waals surface area contributed by atoms with Gasteiger partial charge in [-0.15, -0.1) is 0 Å². The topological polar surface area (TPSA) is 21.3 Å². The lowest BCUT2D eigenvalue weighted by Crippen LogP contribution is -2.37. The molecule has 2 nitrogen and oxygen atoms in total. The van der Waals surface area contributed by atoms with Crippen LogP contribution in [-0.4, -0.2) is 12.7 Å². The van der Waals surface area contributed by atoms with Crippen molar-refractivity contribution in [2.45, 2.75) is 45.8 Å². The van der Waals surface area contributed by atoms with Gasteiger partial charge in [0.1, 0.15) is 5.75 Å². The van der Waals surface area contributed by atoms with E-state index in [0.29, 0.717) is 17.9 Å². The maximum atomic E-state index is 12.2. The third-order valence-corrected chi connectivity index (χ3v) is 4.32. The van der Waals surface area contributed by atoms with Crippen molar-refractivity contribution in [2.24, 2.45) is 11.8 Å². The number of halogens is 3. The van der Waals surface area contributed by atoms with Crippen LogP contribution >= 0.6 is 11.6 Å². The van der Waals surface area contributed by atoms with E-state index >= 15 is 0 Å². The molecule has 2 unspecified atom stereocenters. The summed E-state index contributed by atoms with van der Waals surface area (Å²) in [6.45, 7) is 1.62. The molecule has 2 atom stereocenters. The Balaban J connectivity index is 2.07. The number of ether oxygens (including phenoxy) is 1. The fourth-order valence-corrected chi connectivity index (χ4v) is 3.17. The molecule has 1 fully saturated rings. The highest BCUT2D eigenvalue weighted by Crippen LogP contribution is 2.34. The Morgan fingerprint density at radius 3 is 2.45 bits per heavy atom. The highest BCUT2D eigenvalue weighted by Gasteiger charge is 2.27. The molecular weight excluding hydrogens is 284 g/mol. The van der Waals surface area contributed by atoms with Crippen molar-refractivity contribution < 1.29 is 13.5 Å². The van der Waals surface area contributed by atoms with E-state index in [-0.39, 0.29) is 10.8 Å². The van der Waals surface area contributed by atoms with Gasteiger partial charge in [0.05, 0.1) is 5.02 Å². The first-order valence-electron chi connectivity index (χ1n) is 6.98. The molecule has 0 bridgehead atoms. The van der Waals surface area contributed by atoms with Crippen LogP contribution in [0.25, 0.3) is 0 Å². The van der Waals surface area contributed by atoms with Crippen LogP contribution < -0.4 is 10.1 Å². The maximum Gasteiger partial charge on any atom is 0.387 e. The molecular formula is C15H20ClF2NO. The lowest BCUT2D eigenvalue weighted by atomic mass is 9.78. The molecule has 0 aromatic heterocycles. The van der Waals surface area contributed by atoms with Crippen molar-refractivity contribution in [1.29, 1.82) is 0 Å². The van der Waals surface area contributed by atoms with Crippen LogP contribution in [0.4, 0.5) is 14.5 Å². The lowest BCUT2D eigenvalue weighted by Gasteiger charge is -2.36. The quantitative estimate of drug-likeness (QED) is 0.827. The van der Waals surface area contributed by atoms with E-state index < -0.39 is 6.61 Å². The average Bonchev–Trinajstić information content (AvgIpc) is 2.37. The Labute approximate surface area is 123 Å². The molecule has 0 aliphatic heterocycles. The normalized spacial score (nSPS) is 26.6. The number of benzene rings is 1. The number of nitrogens with one attached hydrogen (secondary N) is 1. The number of hydrogen-bond acceptors (Lipinski definition) is 2. The predicted molar refractivity (Wildman–Crippen MR) is 77.7 cm³/mol. The second-order valence-corrected chi connectivity index (χ2v) is 5.99. The highest BCUT2D eigenvalue weighted by atomic mass is 35.5. The van der Waals surface area contributed by atoms with Gasteiger partial charge in [0.2, 0.25) is 0 Å². The third-order valence-electron chi connectivity index (χ3n) is 4.03. The molecule has 0 saturated heterocycles. The Hall–Kier alpha value is -1.03. The molecule has 1 aromatic rings. The van der Waals surface area contributed by atoms with Gasteiger partial charge in [-0.3, -0.25) is 0 Å². The minimum absolute atomic E-state index is 0.0111. The van der Waals surface area contributed by atoms with Gasteiger partial charge in [-0.25, -0.2) is 0 Å². The van der Waals surface area contributed by atoms with Gasteiger partial charge in [0.15, 0.2) is 0 Å². The SMILES string of the molecule is CC1CCCC(C)C1Nc1ccc(OC(F)F)c(Cl)c1. The number of anilines is 1. The molecule has 0 spiro atoms. The van der Waals surface area contributed by atoms with E-state index in [4.69, 9.17) is 11.6 Å². The lowest BCUT2D eigenvalue weighted by molar-refractivity contribution is -0.0497. The zero-order valence-corrected chi connectivity index (χ0v) is 12.5. The molecule has 0 amide bonds. The van der Waals surface area contributed by atoms with Crippen molar-refractivity contribution in [3.8, 4) is 5.75 Å². The molecule has 2 rings (SSSR count). The first kappa shape index (κ1) is 15.4. The van der Waals surface area contributed by atoms with Crippen LogP contribution in [0.3, 0.4) is 0 Å². The van der Waals surface area contributed by atoms with Crippen molar-refractivity contribution in [3.05, 3.63) is 23.2 Å². The summed E-state index contributed by atoms with van der Waals surface area (Å²) in [6.07, 6.45) is 3.69. The number of hydrogen-bond donors (Lipinski definition) is 1. The Kier molecular flexibility index (Phi) is 5.08. The summed E-state index contributed by atoms with van der Waals surface area (Å²) in [6, 6.07) is 5.25. The van der Waals surface area contributed by atoms with Crippen molar-refractivity contribution >= 4 is 17.3 Å². The van der Waals surface area contributed by atoms with Crippen molar-refractivity contribution in [2.75, 3.05) is 5.32 Å². The van der Waals surface area contributed by atoms with Crippen LogP contribution in [0.1, 0.15) is 33.1 Å². The number of rotatable bonds is 4. The van der Waals surface area contributed by atoms with Crippen molar-refractivity contribution in [1.82, 2.24) is 0 Å². The summed E-state index contributed by atoms with van der Waals surface area (Å²) >= 11 is 5.97. The van der Waals surface area contributed by atoms with Crippen LogP contribution in [0.15, 0.2) is 18.2 Å². The van der Waals surface area contributed by atoms with Crippen LogP contribution in [0.2, 0.25) is 5.02 Å². The molecule has 1 aromatic carbocycles. The van der Waals surface area contributed by atoms with Crippen LogP contribution in [0.5, 0.6) is 5.75 Å². The van der Waals surface area contributed by atoms with E-state index in [0.717, 1.165) is 5.69 Å². The van der Waals surface area contributed by atoms with E-state index in [9.17, 15) is 8.78 Å². The summed E-state index contributed by atoms with van der Waals surface area (Å²) < 4.78 is 28.7. The van der Waals surface area contributed by atoms with Crippen LogP contribution in [-0.2, 0) is 0 Å². The van der Waals surface area contributed by atoms with Gasteiger partial charge in [0.25, 0.3) is 0 Å². The molecule has 1 N–H and O–H groups in total.